The van der Waals surface area contributed by atoms with Crippen molar-refractivity contribution in [1.29, 1.82) is 0 Å². The summed E-state index contributed by atoms with van der Waals surface area (Å²) >= 11 is 0. The Bertz CT molecular complexity index is 253. The molecule has 0 aromatic rings. The molecule has 2 rings (SSSR count). The molecule has 1 aliphatic heterocycles. The van der Waals surface area contributed by atoms with Gasteiger partial charge in [-0.2, -0.15) is 0 Å². The SMILES string of the molecule is CC(C(=O)O)N1CCC(N(C)C2CC2)C1. The van der Waals surface area contributed by atoms with Crippen LogP contribution in [0, 0.1) is 0 Å². The van der Waals surface area contributed by atoms with Crippen molar-refractivity contribution in [2.75, 3.05) is 20.1 Å². The van der Waals surface area contributed by atoms with Crippen molar-refractivity contribution >= 4 is 5.97 Å². The molecule has 4 nitrogen and oxygen atoms in total. The zero-order valence-corrected chi connectivity index (χ0v) is 9.52. The fraction of sp³-hybridized carbons (Fsp3) is 0.909. The molecule has 1 aliphatic carbocycles. The molecule has 15 heavy (non-hydrogen) atoms. The minimum atomic E-state index is -0.704. The third-order valence-corrected chi connectivity index (χ3v) is 3.80. The highest BCUT2D eigenvalue weighted by molar-refractivity contribution is 5.72. The van der Waals surface area contributed by atoms with E-state index in [-0.39, 0.29) is 6.04 Å². The number of hydrogen-bond acceptors (Lipinski definition) is 3. The minimum absolute atomic E-state index is 0.331. The van der Waals surface area contributed by atoms with Gasteiger partial charge in [-0.1, -0.05) is 0 Å². The molecule has 1 N–H and O–H groups in total. The molecule has 2 aliphatic rings. The second-order valence-electron chi connectivity index (χ2n) is 4.85. The van der Waals surface area contributed by atoms with Crippen LogP contribution in [0.3, 0.4) is 0 Å². The number of carbonyl (C=O) groups is 1. The van der Waals surface area contributed by atoms with Crippen molar-refractivity contribution in [2.24, 2.45) is 0 Å². The predicted octanol–water partition coefficient (Wildman–Crippen LogP) is 0.628. The Kier molecular flexibility index (Phi) is 2.98. The molecule has 0 aromatic heterocycles. The van der Waals surface area contributed by atoms with Crippen LogP contribution in [0.2, 0.25) is 0 Å². The van der Waals surface area contributed by atoms with Crippen LogP contribution < -0.4 is 0 Å². The summed E-state index contributed by atoms with van der Waals surface area (Å²) < 4.78 is 0. The number of carboxylic acids is 1. The number of nitrogens with zero attached hydrogens (tertiary/aromatic N) is 2. The first-order chi connectivity index (χ1) is 7.09. The lowest BCUT2D eigenvalue weighted by atomic mass is 10.2. The summed E-state index contributed by atoms with van der Waals surface area (Å²) in [7, 11) is 2.18. The molecule has 2 fully saturated rings. The molecule has 0 bridgehead atoms. The van der Waals surface area contributed by atoms with E-state index in [0.29, 0.717) is 6.04 Å². The summed E-state index contributed by atoms with van der Waals surface area (Å²) in [5.41, 5.74) is 0. The summed E-state index contributed by atoms with van der Waals surface area (Å²) in [6.07, 6.45) is 3.76. The fourth-order valence-electron chi connectivity index (χ4n) is 2.39. The Morgan fingerprint density at radius 3 is 2.60 bits per heavy atom. The van der Waals surface area contributed by atoms with E-state index >= 15 is 0 Å². The van der Waals surface area contributed by atoms with Gasteiger partial charge in [0.25, 0.3) is 0 Å². The number of carboxylic acid groups (broad SMARTS) is 1. The predicted molar refractivity (Wildman–Crippen MR) is 57.9 cm³/mol. The van der Waals surface area contributed by atoms with Crippen molar-refractivity contribution in [3.63, 3.8) is 0 Å². The lowest BCUT2D eigenvalue weighted by Crippen LogP contribution is -2.41. The largest absolute Gasteiger partial charge is 0.480 e. The molecule has 1 heterocycles. The normalized spacial score (nSPS) is 29.7. The van der Waals surface area contributed by atoms with Crippen molar-refractivity contribution < 1.29 is 9.90 Å². The molecule has 4 heteroatoms. The van der Waals surface area contributed by atoms with Gasteiger partial charge < -0.3 is 5.11 Å². The topological polar surface area (TPSA) is 43.8 Å². The van der Waals surface area contributed by atoms with Gasteiger partial charge >= 0.3 is 5.97 Å². The first-order valence-corrected chi connectivity index (χ1v) is 5.78. The molecule has 86 valence electrons. The van der Waals surface area contributed by atoms with E-state index < -0.39 is 5.97 Å². The number of likely N-dealkylation sites (tertiary alicyclic amines) is 1. The van der Waals surface area contributed by atoms with Crippen LogP contribution >= 0.6 is 0 Å². The van der Waals surface area contributed by atoms with E-state index in [4.69, 9.17) is 5.11 Å². The summed E-state index contributed by atoms with van der Waals surface area (Å²) in [5, 5.41) is 8.93. The number of aliphatic carboxylic acids is 1. The Labute approximate surface area is 90.9 Å². The molecular weight excluding hydrogens is 192 g/mol. The molecular formula is C11H20N2O2. The Morgan fingerprint density at radius 1 is 1.40 bits per heavy atom. The Morgan fingerprint density at radius 2 is 2.07 bits per heavy atom. The van der Waals surface area contributed by atoms with E-state index in [9.17, 15) is 4.79 Å². The summed E-state index contributed by atoms with van der Waals surface area (Å²) in [6.45, 7) is 3.62. The lowest BCUT2D eigenvalue weighted by molar-refractivity contribution is -0.142. The maximum atomic E-state index is 10.9. The highest BCUT2D eigenvalue weighted by Crippen LogP contribution is 2.30. The molecule has 1 saturated carbocycles. The highest BCUT2D eigenvalue weighted by atomic mass is 16.4. The molecule has 2 atom stereocenters. The lowest BCUT2D eigenvalue weighted by Gasteiger charge is -2.25. The van der Waals surface area contributed by atoms with E-state index in [1.54, 1.807) is 6.92 Å². The first-order valence-electron chi connectivity index (χ1n) is 5.78. The van der Waals surface area contributed by atoms with Crippen LogP contribution in [0.25, 0.3) is 0 Å². The van der Waals surface area contributed by atoms with Crippen molar-refractivity contribution in [3.8, 4) is 0 Å². The quantitative estimate of drug-likeness (QED) is 0.742. The third-order valence-electron chi connectivity index (χ3n) is 3.80. The van der Waals surface area contributed by atoms with E-state index in [0.717, 1.165) is 25.6 Å². The maximum absolute atomic E-state index is 10.9. The third kappa shape index (κ3) is 2.32. The monoisotopic (exact) mass is 212 g/mol. The van der Waals surface area contributed by atoms with E-state index in [2.05, 4.69) is 16.8 Å². The van der Waals surface area contributed by atoms with Gasteiger partial charge in [-0.05, 0) is 33.2 Å². The smallest absolute Gasteiger partial charge is 0.320 e. The molecule has 1 saturated heterocycles. The van der Waals surface area contributed by atoms with Crippen molar-refractivity contribution in [3.05, 3.63) is 0 Å². The van der Waals surface area contributed by atoms with Gasteiger partial charge in [0.15, 0.2) is 0 Å². The number of likely N-dealkylation sites (N-methyl/N-ethyl adjacent to an activating group) is 1. The second kappa shape index (κ2) is 4.10. The standard InChI is InChI=1S/C11H20N2O2/c1-8(11(14)15)13-6-5-10(7-13)12(2)9-3-4-9/h8-10H,3-7H2,1-2H3,(H,14,15). The van der Waals surface area contributed by atoms with Gasteiger partial charge in [0.2, 0.25) is 0 Å². The maximum Gasteiger partial charge on any atom is 0.320 e. The van der Waals surface area contributed by atoms with Gasteiger partial charge in [-0.25, -0.2) is 0 Å². The first kappa shape index (κ1) is 10.9. The average Bonchev–Trinajstić information content (AvgIpc) is 2.93. The van der Waals surface area contributed by atoms with Crippen molar-refractivity contribution in [2.45, 2.75) is 44.3 Å². The molecule has 0 aromatic carbocycles. The van der Waals surface area contributed by atoms with Crippen molar-refractivity contribution in [1.82, 2.24) is 9.80 Å². The molecule has 0 radical (unpaired) electrons. The second-order valence-corrected chi connectivity index (χ2v) is 4.85. The van der Waals surface area contributed by atoms with Crippen LogP contribution in [0.5, 0.6) is 0 Å². The van der Waals surface area contributed by atoms with Gasteiger partial charge in [0, 0.05) is 25.2 Å². The zero-order chi connectivity index (χ0) is 11.0. The van der Waals surface area contributed by atoms with Crippen LogP contribution in [0.4, 0.5) is 0 Å². The molecule has 2 unspecified atom stereocenters. The Balaban J connectivity index is 1.85. The van der Waals surface area contributed by atoms with E-state index in [1.165, 1.54) is 12.8 Å². The molecule has 0 amide bonds. The Hall–Kier alpha value is -0.610. The summed E-state index contributed by atoms with van der Waals surface area (Å²) in [5.74, 6) is -0.704. The van der Waals surface area contributed by atoms with Crippen LogP contribution in [-0.4, -0.2) is 59.1 Å². The summed E-state index contributed by atoms with van der Waals surface area (Å²) in [4.78, 5) is 15.4. The van der Waals surface area contributed by atoms with Crippen LogP contribution in [-0.2, 0) is 4.79 Å². The number of hydrogen-bond donors (Lipinski definition) is 1. The van der Waals surface area contributed by atoms with Crippen LogP contribution in [0.15, 0.2) is 0 Å². The van der Waals surface area contributed by atoms with Gasteiger partial charge in [-0.3, -0.25) is 14.6 Å². The van der Waals surface area contributed by atoms with E-state index in [1.807, 2.05) is 0 Å². The summed E-state index contributed by atoms with van der Waals surface area (Å²) in [6, 6.07) is 1.01. The van der Waals surface area contributed by atoms with Gasteiger partial charge in [0.1, 0.15) is 6.04 Å². The zero-order valence-electron chi connectivity index (χ0n) is 9.52. The fourth-order valence-corrected chi connectivity index (χ4v) is 2.39. The van der Waals surface area contributed by atoms with Gasteiger partial charge in [-0.15, -0.1) is 0 Å². The highest BCUT2D eigenvalue weighted by Gasteiger charge is 2.36. The van der Waals surface area contributed by atoms with Gasteiger partial charge in [0.05, 0.1) is 0 Å². The van der Waals surface area contributed by atoms with Crippen LogP contribution in [0.1, 0.15) is 26.2 Å². The minimum Gasteiger partial charge on any atom is -0.480 e. The average molecular weight is 212 g/mol. The molecule has 0 spiro atoms. The number of rotatable bonds is 4.